The van der Waals surface area contributed by atoms with Gasteiger partial charge < -0.3 is 41.2 Å². The van der Waals surface area contributed by atoms with Crippen molar-refractivity contribution < 1.29 is 54.0 Å². The number of amides is 3. The Morgan fingerprint density at radius 2 is 0.653 bits per heavy atom. The summed E-state index contributed by atoms with van der Waals surface area (Å²) < 4.78 is 0. The summed E-state index contributed by atoms with van der Waals surface area (Å²) in [5.41, 5.74) is -7.10. The zero-order chi connectivity index (χ0) is 55.8. The van der Waals surface area contributed by atoms with Crippen LogP contribution in [-0.2, 0) is 33.6 Å². The Morgan fingerprint density at radius 1 is 0.387 bits per heavy atom. The van der Waals surface area contributed by atoms with E-state index in [1.165, 1.54) is 128 Å². The van der Waals surface area contributed by atoms with Crippen LogP contribution in [-0.4, -0.2) is 110 Å². The largest absolute Gasteiger partial charge is 0.394 e. The summed E-state index contributed by atoms with van der Waals surface area (Å²) in [6, 6.07) is -4.70. The molecule has 15 heteroatoms. The molecule has 0 heterocycles. The summed E-state index contributed by atoms with van der Waals surface area (Å²) in [6.07, 6.45) is 39.2. The highest BCUT2D eigenvalue weighted by Gasteiger charge is 2.67. The zero-order valence-corrected chi connectivity index (χ0v) is 48.6. The summed E-state index contributed by atoms with van der Waals surface area (Å²) in [4.78, 5) is 95.7. The van der Waals surface area contributed by atoms with Crippen molar-refractivity contribution in [1.82, 2.24) is 16.0 Å². The molecule has 0 bridgehead atoms. The lowest BCUT2D eigenvalue weighted by molar-refractivity contribution is -0.192. The van der Waals surface area contributed by atoms with Crippen molar-refractivity contribution in [2.45, 2.75) is 320 Å². The number of hydrogen-bond acceptors (Lipinski definition) is 12. The van der Waals surface area contributed by atoms with Crippen LogP contribution in [0, 0.1) is 0 Å². The van der Waals surface area contributed by atoms with E-state index in [0.717, 1.165) is 83.5 Å². The number of unbranched alkanes of at least 4 members (excludes halogenated alkanes) is 36. The number of carbonyl (C=O) groups is 7. The van der Waals surface area contributed by atoms with E-state index >= 15 is 0 Å². The van der Waals surface area contributed by atoms with Gasteiger partial charge in [-0.1, -0.05) is 252 Å². The van der Waals surface area contributed by atoms with E-state index in [1.807, 2.05) is 0 Å². The Morgan fingerprint density at radius 3 is 0.907 bits per heavy atom. The van der Waals surface area contributed by atoms with E-state index < -0.39 is 89.8 Å². The predicted octanol–water partition coefficient (Wildman–Crippen LogP) is 11.2. The molecule has 4 atom stereocenters. The van der Waals surface area contributed by atoms with Crippen LogP contribution in [0.4, 0.5) is 0 Å². The average Bonchev–Trinajstić information content (AvgIpc) is 3.41. The number of aliphatic hydroxyl groups is 4. The highest BCUT2D eigenvalue weighted by atomic mass is 32.1. The molecule has 438 valence electrons. The van der Waals surface area contributed by atoms with E-state index in [4.69, 9.17) is 0 Å². The van der Waals surface area contributed by atoms with Gasteiger partial charge >= 0.3 is 0 Å². The molecule has 0 saturated heterocycles. The second-order valence-electron chi connectivity index (χ2n) is 21.6. The molecule has 0 aromatic rings. The molecule has 0 aromatic heterocycles. The first-order chi connectivity index (χ1) is 36.3. The van der Waals surface area contributed by atoms with E-state index in [1.54, 1.807) is 0 Å². The number of nitrogens with one attached hydrogen (secondary N) is 3. The first kappa shape index (κ1) is 72.3. The van der Waals surface area contributed by atoms with Gasteiger partial charge in [0.15, 0.2) is 17.3 Å². The molecular weight excluding hydrogens is 971 g/mol. The van der Waals surface area contributed by atoms with Crippen LogP contribution in [0.15, 0.2) is 0 Å². The lowest BCUT2D eigenvalue weighted by Crippen LogP contribution is -2.74. The molecule has 0 saturated carbocycles. The molecule has 0 fully saturated rings. The topological polar surface area (TPSA) is 236 Å². The van der Waals surface area contributed by atoms with Crippen LogP contribution in [0.25, 0.3) is 0 Å². The smallest absolute Gasteiger partial charge is 0.264 e. The van der Waals surface area contributed by atoms with Gasteiger partial charge in [-0.3, -0.25) is 28.8 Å². The normalized spacial score (nSPS) is 13.7. The van der Waals surface area contributed by atoms with Crippen molar-refractivity contribution in [3.8, 4) is 0 Å². The molecule has 14 nitrogen and oxygen atoms in total. The van der Waals surface area contributed by atoms with Crippen molar-refractivity contribution >= 4 is 54.0 Å². The molecule has 7 N–H and O–H groups in total. The lowest BCUT2D eigenvalue weighted by atomic mass is 9.70. The van der Waals surface area contributed by atoms with Gasteiger partial charge in [0.1, 0.15) is 24.4 Å². The number of aliphatic hydroxyl groups excluding tert-OH is 2. The Balaban J connectivity index is 6.38. The van der Waals surface area contributed by atoms with Crippen molar-refractivity contribution in [1.29, 1.82) is 0 Å². The SMILES string of the molecule is CCCCCCCCCCCCCCCC(=O)C(O)(C(=O)CCCCCCCCCCCCCCC)[C@](O)(C(=O)CCCCCCCCCCCCCCC)C(=O)NC(CS)C(=O)NC(CO)C(=O)NC(C=O)CO. The molecule has 0 spiro atoms. The van der Waals surface area contributed by atoms with Crippen LogP contribution in [0.3, 0.4) is 0 Å². The Hall–Kier alpha value is -2.72. The quantitative estimate of drug-likeness (QED) is 0.0123. The molecular formula is C60H111N3O11S. The monoisotopic (exact) mass is 1080 g/mol. The van der Waals surface area contributed by atoms with E-state index in [-0.39, 0.29) is 38.4 Å². The molecule has 0 aliphatic heterocycles. The van der Waals surface area contributed by atoms with Crippen molar-refractivity contribution in [3.05, 3.63) is 0 Å². The van der Waals surface area contributed by atoms with Crippen molar-refractivity contribution in [3.63, 3.8) is 0 Å². The summed E-state index contributed by atoms with van der Waals surface area (Å²) in [5.74, 6) is -7.76. The van der Waals surface area contributed by atoms with E-state index in [9.17, 15) is 54.0 Å². The van der Waals surface area contributed by atoms with E-state index in [0.29, 0.717) is 19.3 Å². The lowest BCUT2D eigenvalue weighted by Gasteiger charge is -2.39. The Bertz CT molecular complexity index is 1460. The number of thiol groups is 1. The van der Waals surface area contributed by atoms with Gasteiger partial charge in [-0.25, -0.2) is 0 Å². The van der Waals surface area contributed by atoms with Gasteiger partial charge in [0.2, 0.25) is 23.0 Å². The van der Waals surface area contributed by atoms with Crippen LogP contribution >= 0.6 is 12.6 Å². The first-order valence-electron chi connectivity index (χ1n) is 30.5. The minimum Gasteiger partial charge on any atom is -0.394 e. The Labute approximate surface area is 460 Å². The number of ketones is 3. The van der Waals surface area contributed by atoms with Crippen LogP contribution in [0.5, 0.6) is 0 Å². The number of rotatable bonds is 56. The van der Waals surface area contributed by atoms with E-state index in [2.05, 4.69) is 49.4 Å². The average molecular weight is 1080 g/mol. The minimum absolute atomic E-state index is 0.210. The summed E-state index contributed by atoms with van der Waals surface area (Å²) in [7, 11) is 0. The number of Topliss-reactive ketones (excluding diaryl/α,β-unsaturated/α-hetero) is 3. The van der Waals surface area contributed by atoms with Crippen LogP contribution in [0.2, 0.25) is 0 Å². The fourth-order valence-electron chi connectivity index (χ4n) is 9.83. The van der Waals surface area contributed by atoms with Gasteiger partial charge in [0, 0.05) is 25.0 Å². The molecule has 0 radical (unpaired) electrons. The van der Waals surface area contributed by atoms with Crippen LogP contribution < -0.4 is 16.0 Å². The summed E-state index contributed by atoms with van der Waals surface area (Å²) in [6.45, 7) is 4.93. The summed E-state index contributed by atoms with van der Waals surface area (Å²) in [5, 5.41) is 51.2. The summed E-state index contributed by atoms with van der Waals surface area (Å²) >= 11 is 4.20. The minimum atomic E-state index is -3.63. The van der Waals surface area contributed by atoms with Crippen LogP contribution in [0.1, 0.15) is 290 Å². The standard InChI is InChI=1S/C60H111N3O11S/c1-4-7-10-13-16-19-22-25-28-31-34-37-40-43-53(67)59(73,54(68)44-41-38-35-32-29-26-23-20-17-14-11-8-5-2)60(74,55(69)45-42-39-36-33-30-27-24-21-18-15-12-9-6-3)58(72)63-52(49-75)57(71)62-51(48-66)56(70)61-50(46-64)47-65/h46,50-52,65-66,73-75H,4-45,47-49H2,1-3H3,(H,61,70)(H,62,71)(H,63,72)/t50?,51?,52?,60-/m0/s1. The van der Waals surface area contributed by atoms with Gasteiger partial charge in [0.25, 0.3) is 5.91 Å². The predicted molar refractivity (Wildman–Crippen MR) is 306 cm³/mol. The van der Waals surface area contributed by atoms with Crippen molar-refractivity contribution in [2.24, 2.45) is 0 Å². The maximum Gasteiger partial charge on any atom is 0.264 e. The van der Waals surface area contributed by atoms with Crippen molar-refractivity contribution in [2.75, 3.05) is 19.0 Å². The Kier molecular flexibility index (Phi) is 46.7. The number of carbonyl (C=O) groups excluding carboxylic acids is 7. The molecule has 3 unspecified atom stereocenters. The van der Waals surface area contributed by atoms with Gasteiger partial charge in [-0.05, 0) is 19.3 Å². The third-order valence-corrected chi connectivity index (χ3v) is 15.3. The van der Waals surface area contributed by atoms with Gasteiger partial charge in [0.05, 0.1) is 13.2 Å². The molecule has 3 amide bonds. The zero-order valence-electron chi connectivity index (χ0n) is 47.7. The second kappa shape index (κ2) is 48.4. The highest BCUT2D eigenvalue weighted by molar-refractivity contribution is 7.80. The first-order valence-corrected chi connectivity index (χ1v) is 31.2. The second-order valence-corrected chi connectivity index (χ2v) is 21.9. The maximum absolute atomic E-state index is 14.6. The third kappa shape index (κ3) is 32.1. The van der Waals surface area contributed by atoms with Gasteiger partial charge in [-0.15, -0.1) is 0 Å². The molecule has 0 aliphatic rings. The molecule has 0 aliphatic carbocycles. The molecule has 0 aromatic carbocycles. The molecule has 75 heavy (non-hydrogen) atoms. The fraction of sp³-hybridized carbons (Fsp3) is 0.883. The fourth-order valence-corrected chi connectivity index (χ4v) is 10.1. The third-order valence-electron chi connectivity index (χ3n) is 14.9. The number of hydrogen-bond donors (Lipinski definition) is 8. The maximum atomic E-state index is 14.6. The molecule has 0 rings (SSSR count). The number of aldehydes is 1. The van der Waals surface area contributed by atoms with Gasteiger partial charge in [-0.2, -0.15) is 12.6 Å². The highest BCUT2D eigenvalue weighted by Crippen LogP contribution is 2.33.